The number of halogens is 3. The summed E-state index contributed by atoms with van der Waals surface area (Å²) < 4.78 is 39.0. The molecule has 1 aromatic rings. The lowest BCUT2D eigenvalue weighted by Crippen LogP contribution is -2.63. The molecule has 0 radical (unpaired) electrons. The van der Waals surface area contributed by atoms with E-state index in [-0.39, 0.29) is 12.1 Å². The third-order valence-corrected chi connectivity index (χ3v) is 3.67. The Morgan fingerprint density at radius 1 is 1.35 bits per heavy atom. The number of hydrogen-bond acceptors (Lipinski definition) is 4. The van der Waals surface area contributed by atoms with Gasteiger partial charge < -0.3 is 4.90 Å². The summed E-state index contributed by atoms with van der Waals surface area (Å²) in [4.78, 5) is 24.5. The SMILES string of the molecule is CC(=O)[C@@H]1C(=O)N(c2ccc(C#N)c(C(F)(F)F)c2)[C@H]1CC#N. The zero-order chi connectivity index (χ0) is 17.4. The van der Waals surface area contributed by atoms with Crippen LogP contribution in [0.3, 0.4) is 0 Å². The highest BCUT2D eigenvalue weighted by atomic mass is 19.4. The molecule has 0 bridgehead atoms. The fraction of sp³-hybridized carbons (Fsp3) is 0.333. The molecule has 1 aliphatic heterocycles. The number of benzene rings is 1. The molecule has 1 amide bonds. The molecule has 1 aliphatic rings. The zero-order valence-corrected chi connectivity index (χ0v) is 11.9. The smallest absolute Gasteiger partial charge is 0.306 e. The molecule has 118 valence electrons. The molecule has 0 aliphatic carbocycles. The van der Waals surface area contributed by atoms with Crippen LogP contribution in [0.4, 0.5) is 18.9 Å². The van der Waals surface area contributed by atoms with Crippen LogP contribution in [-0.2, 0) is 15.8 Å². The fourth-order valence-corrected chi connectivity index (χ4v) is 2.63. The molecular weight excluding hydrogens is 311 g/mol. The van der Waals surface area contributed by atoms with Crippen molar-refractivity contribution in [3.8, 4) is 12.1 Å². The number of carbonyl (C=O) groups excluding carboxylic acids is 2. The van der Waals surface area contributed by atoms with E-state index < -0.39 is 41.0 Å². The second-order valence-electron chi connectivity index (χ2n) is 5.07. The largest absolute Gasteiger partial charge is 0.417 e. The number of hydrogen-bond donors (Lipinski definition) is 0. The molecule has 23 heavy (non-hydrogen) atoms. The second kappa shape index (κ2) is 5.73. The monoisotopic (exact) mass is 321 g/mol. The van der Waals surface area contributed by atoms with E-state index in [0.29, 0.717) is 6.07 Å². The van der Waals surface area contributed by atoms with Gasteiger partial charge in [0.1, 0.15) is 11.7 Å². The standard InChI is InChI=1S/C15H10F3N3O2/c1-8(22)13-12(4-5-19)21(14(13)23)10-3-2-9(7-20)11(6-10)15(16,17)18/h2-3,6,12-13H,4H2,1H3/t12-,13-/m0/s1. The minimum atomic E-state index is -4.75. The summed E-state index contributed by atoms with van der Waals surface area (Å²) in [7, 11) is 0. The summed E-state index contributed by atoms with van der Waals surface area (Å²) in [5.74, 6) is -2.09. The first kappa shape index (κ1) is 16.5. The second-order valence-corrected chi connectivity index (χ2v) is 5.07. The van der Waals surface area contributed by atoms with Crippen LogP contribution in [0.25, 0.3) is 0 Å². The molecule has 1 heterocycles. The third-order valence-electron chi connectivity index (χ3n) is 3.67. The van der Waals surface area contributed by atoms with Gasteiger partial charge in [-0.15, -0.1) is 0 Å². The van der Waals surface area contributed by atoms with Crippen molar-refractivity contribution in [3.05, 3.63) is 29.3 Å². The minimum absolute atomic E-state index is 0.0842. The van der Waals surface area contributed by atoms with Gasteiger partial charge in [0, 0.05) is 5.69 Å². The molecule has 1 fully saturated rings. The van der Waals surface area contributed by atoms with Gasteiger partial charge in [0.25, 0.3) is 0 Å². The van der Waals surface area contributed by atoms with Gasteiger partial charge in [0.2, 0.25) is 5.91 Å². The van der Waals surface area contributed by atoms with E-state index in [2.05, 4.69) is 0 Å². The maximum Gasteiger partial charge on any atom is 0.417 e. The average Bonchev–Trinajstić information content (AvgIpc) is 2.45. The number of Topliss-reactive ketones (excluding diaryl/α,β-unsaturated/α-hetero) is 1. The van der Waals surface area contributed by atoms with E-state index in [9.17, 15) is 22.8 Å². The summed E-state index contributed by atoms with van der Waals surface area (Å²) >= 11 is 0. The van der Waals surface area contributed by atoms with Gasteiger partial charge in [-0.25, -0.2) is 0 Å². The molecule has 2 rings (SSSR count). The number of carbonyl (C=O) groups is 2. The molecule has 0 N–H and O–H groups in total. The van der Waals surface area contributed by atoms with Gasteiger partial charge in [0.15, 0.2) is 0 Å². The van der Waals surface area contributed by atoms with Crippen LogP contribution < -0.4 is 4.90 Å². The maximum atomic E-state index is 13.0. The topological polar surface area (TPSA) is 85.0 Å². The van der Waals surface area contributed by atoms with Gasteiger partial charge in [-0.3, -0.25) is 9.59 Å². The van der Waals surface area contributed by atoms with Gasteiger partial charge in [0.05, 0.1) is 35.7 Å². The Hall–Kier alpha value is -2.87. The van der Waals surface area contributed by atoms with Crippen LogP contribution in [0, 0.1) is 28.6 Å². The van der Waals surface area contributed by atoms with Crippen LogP contribution >= 0.6 is 0 Å². The molecule has 0 spiro atoms. The van der Waals surface area contributed by atoms with E-state index >= 15 is 0 Å². The number of nitriles is 2. The Morgan fingerprint density at radius 2 is 2.00 bits per heavy atom. The quantitative estimate of drug-likeness (QED) is 0.632. The highest BCUT2D eigenvalue weighted by Gasteiger charge is 2.50. The predicted octanol–water partition coefficient (Wildman–Crippen LogP) is 2.41. The van der Waals surface area contributed by atoms with Crippen molar-refractivity contribution in [1.82, 2.24) is 0 Å². The van der Waals surface area contributed by atoms with Crippen molar-refractivity contribution in [2.24, 2.45) is 5.92 Å². The molecule has 5 nitrogen and oxygen atoms in total. The summed E-state index contributed by atoms with van der Waals surface area (Å²) in [5.41, 5.74) is -1.81. The van der Waals surface area contributed by atoms with Crippen molar-refractivity contribution in [3.63, 3.8) is 0 Å². The Morgan fingerprint density at radius 3 is 2.48 bits per heavy atom. The van der Waals surface area contributed by atoms with Crippen LogP contribution in [0.5, 0.6) is 0 Å². The Bertz CT molecular complexity index is 759. The first-order chi connectivity index (χ1) is 10.7. The van der Waals surface area contributed by atoms with Gasteiger partial charge >= 0.3 is 6.18 Å². The molecule has 0 saturated carbocycles. The highest BCUT2D eigenvalue weighted by Crippen LogP contribution is 2.39. The molecule has 1 aromatic carbocycles. The third kappa shape index (κ3) is 2.76. The molecule has 0 unspecified atom stereocenters. The zero-order valence-electron chi connectivity index (χ0n) is 11.9. The minimum Gasteiger partial charge on any atom is -0.306 e. The summed E-state index contributed by atoms with van der Waals surface area (Å²) in [6.07, 6.45) is -4.92. The highest BCUT2D eigenvalue weighted by molar-refractivity contribution is 6.15. The lowest BCUT2D eigenvalue weighted by atomic mass is 9.82. The molecule has 8 heteroatoms. The Kier molecular flexibility index (Phi) is 4.11. The number of rotatable bonds is 3. The Labute approximate surface area is 129 Å². The van der Waals surface area contributed by atoms with Crippen LogP contribution in [0.15, 0.2) is 18.2 Å². The molecule has 1 saturated heterocycles. The predicted molar refractivity (Wildman–Crippen MR) is 71.8 cm³/mol. The number of alkyl halides is 3. The van der Waals surface area contributed by atoms with E-state index in [4.69, 9.17) is 10.5 Å². The molecule has 0 aromatic heterocycles. The lowest BCUT2D eigenvalue weighted by Gasteiger charge is -2.45. The molecule has 2 atom stereocenters. The van der Waals surface area contributed by atoms with Gasteiger partial charge in [-0.2, -0.15) is 23.7 Å². The summed E-state index contributed by atoms with van der Waals surface area (Å²) in [5, 5.41) is 17.6. The Balaban J connectivity index is 2.47. The van der Waals surface area contributed by atoms with E-state index in [1.54, 1.807) is 0 Å². The van der Waals surface area contributed by atoms with Gasteiger partial charge in [-0.1, -0.05) is 0 Å². The fourth-order valence-electron chi connectivity index (χ4n) is 2.63. The van der Waals surface area contributed by atoms with Crippen LogP contribution in [0.1, 0.15) is 24.5 Å². The number of ketones is 1. The van der Waals surface area contributed by atoms with Crippen molar-refractivity contribution < 1.29 is 22.8 Å². The summed E-state index contributed by atoms with van der Waals surface area (Å²) in [6.45, 7) is 1.20. The first-order valence-corrected chi connectivity index (χ1v) is 6.54. The number of β-lactam (4-membered cyclic amide) rings is 1. The number of anilines is 1. The van der Waals surface area contributed by atoms with E-state index in [0.717, 1.165) is 11.0 Å². The van der Waals surface area contributed by atoms with Crippen LogP contribution in [-0.4, -0.2) is 17.7 Å². The normalized spacial score (nSPS) is 20.4. The average molecular weight is 321 g/mol. The molecular formula is C15H10F3N3O2. The number of amides is 1. The van der Waals surface area contributed by atoms with Crippen molar-refractivity contribution in [2.75, 3.05) is 4.90 Å². The lowest BCUT2D eigenvalue weighted by molar-refractivity contribution is -0.140. The van der Waals surface area contributed by atoms with Crippen molar-refractivity contribution in [2.45, 2.75) is 25.6 Å². The van der Waals surface area contributed by atoms with E-state index in [1.165, 1.54) is 19.1 Å². The number of nitrogens with zero attached hydrogens (tertiary/aromatic N) is 3. The van der Waals surface area contributed by atoms with Gasteiger partial charge in [-0.05, 0) is 25.1 Å². The van der Waals surface area contributed by atoms with Crippen molar-refractivity contribution in [1.29, 1.82) is 10.5 Å². The van der Waals surface area contributed by atoms with Crippen molar-refractivity contribution >= 4 is 17.4 Å². The summed E-state index contributed by atoms with van der Waals surface area (Å²) in [6, 6.07) is 5.34. The first-order valence-electron chi connectivity index (χ1n) is 6.54. The van der Waals surface area contributed by atoms with E-state index in [1.807, 2.05) is 6.07 Å². The van der Waals surface area contributed by atoms with Crippen LogP contribution in [0.2, 0.25) is 0 Å². The maximum absolute atomic E-state index is 13.0.